The van der Waals surface area contributed by atoms with Crippen LogP contribution in [0.1, 0.15) is 64.3 Å². The first-order valence-corrected chi connectivity index (χ1v) is 7.95. The van der Waals surface area contributed by atoms with Gasteiger partial charge < -0.3 is 5.32 Å². The van der Waals surface area contributed by atoms with Crippen LogP contribution in [0.5, 0.6) is 0 Å². The van der Waals surface area contributed by atoms with Gasteiger partial charge in [0.1, 0.15) is 0 Å². The Kier molecular flexibility index (Phi) is 4.72. The summed E-state index contributed by atoms with van der Waals surface area (Å²) in [7, 11) is 0. The summed E-state index contributed by atoms with van der Waals surface area (Å²) >= 11 is 0. The first-order valence-electron chi connectivity index (χ1n) is 7.95. The van der Waals surface area contributed by atoms with Crippen molar-refractivity contribution in [3.05, 3.63) is 65.5 Å². The molecule has 118 valence electrons. The third-order valence-electron chi connectivity index (χ3n) is 3.73. The van der Waals surface area contributed by atoms with Crippen LogP contribution in [0.25, 0.3) is 0 Å². The number of nitrogens with one attached hydrogen (secondary N) is 1. The second kappa shape index (κ2) is 6.21. The van der Waals surface area contributed by atoms with Gasteiger partial charge in [-0.15, -0.1) is 0 Å². The van der Waals surface area contributed by atoms with Crippen LogP contribution in [0.4, 0.5) is 0 Å². The van der Waals surface area contributed by atoms with E-state index in [1.807, 2.05) is 12.4 Å². The predicted molar refractivity (Wildman–Crippen MR) is 94.1 cm³/mol. The van der Waals surface area contributed by atoms with Gasteiger partial charge in [0.2, 0.25) is 0 Å². The Morgan fingerprint density at radius 2 is 1.27 bits per heavy atom. The van der Waals surface area contributed by atoms with Crippen LogP contribution in [-0.2, 0) is 5.41 Å². The van der Waals surface area contributed by atoms with Gasteiger partial charge in [-0.2, -0.15) is 0 Å². The van der Waals surface area contributed by atoms with Gasteiger partial charge in [0.25, 0.3) is 0 Å². The molecule has 1 heterocycles. The molecule has 2 heteroatoms. The maximum atomic E-state index is 4.14. The lowest BCUT2D eigenvalue weighted by atomic mass is 9.85. The monoisotopic (exact) mass is 296 g/mol. The van der Waals surface area contributed by atoms with E-state index in [9.17, 15) is 0 Å². The zero-order valence-corrected chi connectivity index (χ0v) is 14.6. The highest BCUT2D eigenvalue weighted by atomic mass is 15.0. The number of nitrogens with zero attached hydrogens (tertiary/aromatic N) is 1. The lowest BCUT2D eigenvalue weighted by Crippen LogP contribution is -2.39. The molecular weight excluding hydrogens is 268 g/mol. The Bertz CT molecular complexity index is 586. The Labute approximate surface area is 135 Å². The smallest absolute Gasteiger partial charge is 0.0581 e. The van der Waals surface area contributed by atoms with Crippen molar-refractivity contribution in [2.75, 3.05) is 0 Å². The van der Waals surface area contributed by atoms with Crippen LogP contribution in [0, 0.1) is 0 Å². The molecule has 0 spiro atoms. The van der Waals surface area contributed by atoms with Crippen molar-refractivity contribution >= 4 is 0 Å². The maximum Gasteiger partial charge on any atom is 0.0581 e. The molecule has 0 aliphatic rings. The number of hydrogen-bond donors (Lipinski definition) is 1. The Morgan fingerprint density at radius 1 is 0.773 bits per heavy atom. The van der Waals surface area contributed by atoms with E-state index in [2.05, 4.69) is 88.2 Å². The fraction of sp³-hybridized carbons (Fsp3) is 0.450. The average Bonchev–Trinajstić information content (AvgIpc) is 2.44. The molecule has 2 rings (SSSR count). The van der Waals surface area contributed by atoms with Gasteiger partial charge in [0.05, 0.1) is 6.04 Å². The fourth-order valence-electron chi connectivity index (χ4n) is 2.52. The quantitative estimate of drug-likeness (QED) is 0.875. The summed E-state index contributed by atoms with van der Waals surface area (Å²) in [6.07, 6.45) is 3.71. The number of benzene rings is 1. The molecule has 1 aromatic heterocycles. The van der Waals surface area contributed by atoms with Crippen LogP contribution in [0.2, 0.25) is 0 Å². The van der Waals surface area contributed by atoms with Gasteiger partial charge in [0, 0.05) is 17.9 Å². The molecule has 0 fully saturated rings. The molecule has 1 unspecified atom stereocenters. The Hall–Kier alpha value is -1.67. The summed E-state index contributed by atoms with van der Waals surface area (Å²) < 4.78 is 0. The van der Waals surface area contributed by atoms with E-state index in [0.717, 1.165) is 0 Å². The van der Waals surface area contributed by atoms with Gasteiger partial charge in [-0.1, -0.05) is 45.0 Å². The van der Waals surface area contributed by atoms with Gasteiger partial charge >= 0.3 is 0 Å². The normalized spacial score (nSPS) is 13.9. The zero-order chi connectivity index (χ0) is 16.4. The molecule has 1 aromatic carbocycles. The van der Waals surface area contributed by atoms with Crippen LogP contribution >= 0.6 is 0 Å². The van der Waals surface area contributed by atoms with Crippen molar-refractivity contribution in [1.82, 2.24) is 10.3 Å². The van der Waals surface area contributed by atoms with Crippen molar-refractivity contribution in [2.45, 2.75) is 58.5 Å². The van der Waals surface area contributed by atoms with E-state index in [0.29, 0.717) is 0 Å². The first kappa shape index (κ1) is 16.7. The van der Waals surface area contributed by atoms with Gasteiger partial charge in [0.15, 0.2) is 0 Å². The molecule has 0 amide bonds. The summed E-state index contributed by atoms with van der Waals surface area (Å²) in [4.78, 5) is 4.14. The molecule has 1 atom stereocenters. The third-order valence-corrected chi connectivity index (χ3v) is 3.73. The van der Waals surface area contributed by atoms with Crippen LogP contribution in [0.3, 0.4) is 0 Å². The molecule has 0 radical (unpaired) electrons. The minimum atomic E-state index is 0.0383. The summed E-state index contributed by atoms with van der Waals surface area (Å²) in [6.45, 7) is 13.3. The van der Waals surface area contributed by atoms with Crippen molar-refractivity contribution in [2.24, 2.45) is 0 Å². The lowest BCUT2D eigenvalue weighted by Gasteiger charge is -2.30. The SMILES string of the molecule is CC(C)(C)NC(c1ccncc1)c1ccc(C(C)(C)C)cc1. The van der Waals surface area contributed by atoms with E-state index in [4.69, 9.17) is 0 Å². The van der Waals surface area contributed by atoms with Crippen molar-refractivity contribution < 1.29 is 0 Å². The summed E-state index contributed by atoms with van der Waals surface area (Å²) in [5.41, 5.74) is 4.11. The fourth-order valence-corrected chi connectivity index (χ4v) is 2.52. The molecule has 0 aliphatic carbocycles. The summed E-state index contributed by atoms with van der Waals surface area (Å²) in [5, 5.41) is 3.72. The molecule has 0 bridgehead atoms. The number of rotatable bonds is 3. The first-order chi connectivity index (χ1) is 10.2. The molecule has 0 saturated carbocycles. The highest BCUT2D eigenvalue weighted by Gasteiger charge is 2.21. The topological polar surface area (TPSA) is 24.9 Å². The lowest BCUT2D eigenvalue weighted by molar-refractivity contribution is 0.391. The molecule has 1 N–H and O–H groups in total. The maximum absolute atomic E-state index is 4.14. The van der Waals surface area contributed by atoms with Crippen molar-refractivity contribution in [3.63, 3.8) is 0 Å². The second-order valence-electron chi connectivity index (χ2n) is 7.98. The van der Waals surface area contributed by atoms with Crippen LogP contribution < -0.4 is 5.32 Å². The van der Waals surface area contributed by atoms with Crippen LogP contribution in [0.15, 0.2) is 48.8 Å². The molecule has 2 nitrogen and oxygen atoms in total. The van der Waals surface area contributed by atoms with E-state index in [1.165, 1.54) is 16.7 Å². The highest BCUT2D eigenvalue weighted by molar-refractivity contribution is 5.35. The molecule has 0 saturated heterocycles. The second-order valence-corrected chi connectivity index (χ2v) is 7.98. The zero-order valence-electron chi connectivity index (χ0n) is 14.6. The molecule has 2 aromatic rings. The van der Waals surface area contributed by atoms with Gasteiger partial charge in [-0.05, 0) is 55.0 Å². The van der Waals surface area contributed by atoms with E-state index in [1.54, 1.807) is 0 Å². The minimum absolute atomic E-state index is 0.0383. The minimum Gasteiger partial charge on any atom is -0.301 e. The molecule has 22 heavy (non-hydrogen) atoms. The largest absolute Gasteiger partial charge is 0.301 e. The van der Waals surface area contributed by atoms with Crippen LogP contribution in [-0.4, -0.2) is 10.5 Å². The predicted octanol–water partition coefficient (Wildman–Crippen LogP) is 4.86. The van der Waals surface area contributed by atoms with Gasteiger partial charge in [-0.25, -0.2) is 0 Å². The van der Waals surface area contributed by atoms with E-state index < -0.39 is 0 Å². The van der Waals surface area contributed by atoms with Crippen molar-refractivity contribution in [1.29, 1.82) is 0 Å². The highest BCUT2D eigenvalue weighted by Crippen LogP contribution is 2.28. The number of aromatic nitrogens is 1. The molecule has 0 aliphatic heterocycles. The standard InChI is InChI=1S/C20H28N2/c1-19(2,3)17-9-7-15(8-10-17)18(22-20(4,5)6)16-11-13-21-14-12-16/h7-14,18,22H,1-6H3. The number of hydrogen-bond acceptors (Lipinski definition) is 2. The molecular formula is C20H28N2. The summed E-state index contributed by atoms with van der Waals surface area (Å²) in [6, 6.07) is 13.3. The van der Waals surface area contributed by atoms with E-state index in [-0.39, 0.29) is 17.0 Å². The summed E-state index contributed by atoms with van der Waals surface area (Å²) in [5.74, 6) is 0. The Morgan fingerprint density at radius 3 is 1.73 bits per heavy atom. The van der Waals surface area contributed by atoms with Crippen molar-refractivity contribution in [3.8, 4) is 0 Å². The third kappa shape index (κ3) is 4.41. The number of pyridine rings is 1. The average molecular weight is 296 g/mol. The van der Waals surface area contributed by atoms with E-state index >= 15 is 0 Å². The van der Waals surface area contributed by atoms with Gasteiger partial charge in [-0.3, -0.25) is 4.98 Å². The Balaban J connectivity index is 2.37.